The number of benzene rings is 1. The summed E-state index contributed by atoms with van der Waals surface area (Å²) in [5, 5.41) is 17.9. The molecule has 0 bridgehead atoms. The van der Waals surface area contributed by atoms with Gasteiger partial charge in [-0.05, 0) is 55.7 Å². The van der Waals surface area contributed by atoms with Gasteiger partial charge in [0.05, 0.1) is 24.3 Å². The molecule has 5 rings (SSSR count). The number of thioether (sulfide) groups is 1. The number of hydrogen-bond donors (Lipinski definition) is 3. The molecule has 16 heteroatoms. The highest BCUT2D eigenvalue weighted by Gasteiger charge is 2.33. The van der Waals surface area contributed by atoms with Gasteiger partial charge >= 0.3 is 12.3 Å². The van der Waals surface area contributed by atoms with E-state index in [1.807, 2.05) is 53.9 Å². The molecule has 1 aromatic carbocycles. The molecule has 2 atom stereocenters. The van der Waals surface area contributed by atoms with Crippen molar-refractivity contribution in [1.29, 1.82) is 0 Å². The SMILES string of the molecule is CSCCOC(=O)NC(C)C(S)CC(F)(F)F.c1cn(Cn2ncc3ccc(Nc4ncc(C5CCC5)cn4)cc32)nn1. The molecule has 43 heavy (non-hydrogen) atoms. The minimum Gasteiger partial charge on any atom is -0.449 e. The first-order valence-corrected chi connectivity index (χ1v) is 15.6. The van der Waals surface area contributed by atoms with Crippen LogP contribution >= 0.6 is 24.4 Å². The number of carbonyl (C=O) groups excluding carboxylic acids is 1. The summed E-state index contributed by atoms with van der Waals surface area (Å²) in [4.78, 5) is 20.1. The normalized spacial score (nSPS) is 14.7. The molecule has 0 spiro atoms. The molecule has 3 heterocycles. The van der Waals surface area contributed by atoms with Gasteiger partial charge in [0, 0.05) is 46.7 Å². The summed E-state index contributed by atoms with van der Waals surface area (Å²) in [6, 6.07) is 5.38. The lowest BCUT2D eigenvalue weighted by Crippen LogP contribution is -2.41. The number of amides is 1. The molecule has 1 fully saturated rings. The number of ether oxygens (including phenoxy) is 1. The Labute approximate surface area is 256 Å². The minimum atomic E-state index is -4.29. The maximum atomic E-state index is 12.1. The second kappa shape index (κ2) is 15.3. The molecule has 2 unspecified atom stereocenters. The number of halogens is 3. The summed E-state index contributed by atoms with van der Waals surface area (Å²) in [6.45, 7) is 2.20. The molecule has 1 aliphatic rings. The predicted molar refractivity (Wildman–Crippen MR) is 163 cm³/mol. The van der Waals surface area contributed by atoms with Crippen LogP contribution in [0.3, 0.4) is 0 Å². The molecule has 2 N–H and O–H groups in total. The minimum absolute atomic E-state index is 0.232. The van der Waals surface area contributed by atoms with Crippen LogP contribution in [-0.4, -0.2) is 76.9 Å². The van der Waals surface area contributed by atoms with Crippen LogP contribution in [0.25, 0.3) is 10.9 Å². The van der Waals surface area contributed by atoms with E-state index in [0.717, 1.165) is 16.6 Å². The van der Waals surface area contributed by atoms with Gasteiger partial charge in [-0.3, -0.25) is 0 Å². The number of alkyl carbamates (subject to hydrolysis) is 1. The number of nitrogens with one attached hydrogen (secondary N) is 2. The highest BCUT2D eigenvalue weighted by molar-refractivity contribution is 7.98. The van der Waals surface area contributed by atoms with Gasteiger partial charge in [-0.15, -0.1) is 5.10 Å². The van der Waals surface area contributed by atoms with E-state index in [4.69, 9.17) is 4.74 Å². The van der Waals surface area contributed by atoms with Crippen molar-refractivity contribution in [2.24, 2.45) is 0 Å². The van der Waals surface area contributed by atoms with Crippen molar-refractivity contribution in [2.45, 2.75) is 62.7 Å². The number of hydrogen-bond acceptors (Lipinski definition) is 10. The van der Waals surface area contributed by atoms with E-state index in [-0.39, 0.29) is 6.61 Å². The third kappa shape index (κ3) is 10.0. The maximum absolute atomic E-state index is 12.1. The summed E-state index contributed by atoms with van der Waals surface area (Å²) in [7, 11) is 0. The highest BCUT2D eigenvalue weighted by atomic mass is 32.2. The number of aromatic nitrogens is 7. The second-order valence-electron chi connectivity index (χ2n) is 10.0. The van der Waals surface area contributed by atoms with Crippen molar-refractivity contribution < 1.29 is 22.7 Å². The molecule has 232 valence electrons. The monoisotopic (exact) mass is 637 g/mol. The van der Waals surface area contributed by atoms with Crippen LogP contribution in [0.4, 0.5) is 29.6 Å². The van der Waals surface area contributed by atoms with Crippen LogP contribution in [-0.2, 0) is 11.4 Å². The Hall–Kier alpha value is -3.53. The van der Waals surface area contributed by atoms with Gasteiger partial charge in [0.2, 0.25) is 5.95 Å². The number of thiol groups is 1. The number of anilines is 2. The molecule has 11 nitrogen and oxygen atoms in total. The van der Waals surface area contributed by atoms with Crippen molar-refractivity contribution >= 4 is 53.0 Å². The topological polar surface area (TPSA) is 125 Å². The molecule has 1 aliphatic carbocycles. The van der Waals surface area contributed by atoms with Gasteiger partial charge in [0.1, 0.15) is 13.3 Å². The van der Waals surface area contributed by atoms with Crippen LogP contribution in [0, 0.1) is 0 Å². The van der Waals surface area contributed by atoms with Crippen LogP contribution in [0.15, 0.2) is 49.2 Å². The lowest BCUT2D eigenvalue weighted by molar-refractivity contribution is -0.135. The van der Waals surface area contributed by atoms with Gasteiger partial charge in [-0.25, -0.2) is 24.1 Å². The molecular formula is C27H34F3N9O2S2. The Balaban J connectivity index is 0.000000219. The number of rotatable bonds is 11. The van der Waals surface area contributed by atoms with Crippen molar-refractivity contribution in [1.82, 2.24) is 40.1 Å². The Morgan fingerprint density at radius 1 is 1.23 bits per heavy atom. The zero-order valence-electron chi connectivity index (χ0n) is 23.7. The molecule has 3 aromatic heterocycles. The molecule has 0 radical (unpaired) electrons. The van der Waals surface area contributed by atoms with Crippen LogP contribution < -0.4 is 10.6 Å². The molecule has 0 aliphatic heterocycles. The Morgan fingerprint density at radius 2 is 2.00 bits per heavy atom. The van der Waals surface area contributed by atoms with Gasteiger partial charge in [-0.2, -0.15) is 42.7 Å². The summed E-state index contributed by atoms with van der Waals surface area (Å²) >= 11 is 5.32. The average Bonchev–Trinajstić information content (AvgIpc) is 3.59. The number of alkyl halides is 3. The molecule has 1 amide bonds. The van der Waals surface area contributed by atoms with E-state index in [2.05, 4.69) is 48.6 Å². The summed E-state index contributed by atoms with van der Waals surface area (Å²) in [6.07, 6.45) is 8.81. The van der Waals surface area contributed by atoms with E-state index >= 15 is 0 Å². The van der Waals surface area contributed by atoms with Crippen LogP contribution in [0.5, 0.6) is 0 Å². The third-order valence-electron chi connectivity index (χ3n) is 6.78. The standard InChI is InChI=1S/C18H18N8.C9H16F3NO2S2/c1-2-13(3-1)15-9-19-18(20-10-15)23-16-5-4-14-11-22-26(17(14)8-16)12-25-7-6-21-24-25;1-6(7(16)5-9(10,11)12)13-8(14)15-3-4-17-2/h4-11,13H,1-3,12H2,(H,19,20,23);6-7,16H,3-5H2,1-2H3,(H,13,14). The highest BCUT2D eigenvalue weighted by Crippen LogP contribution is 2.35. The number of nitrogens with zero attached hydrogens (tertiary/aromatic N) is 7. The summed E-state index contributed by atoms with van der Waals surface area (Å²) < 4.78 is 44.5. The first-order chi connectivity index (χ1) is 20.6. The van der Waals surface area contributed by atoms with Crippen LogP contribution in [0.1, 0.15) is 44.1 Å². The van der Waals surface area contributed by atoms with Crippen molar-refractivity contribution in [2.75, 3.05) is 23.9 Å². The summed E-state index contributed by atoms with van der Waals surface area (Å²) in [5.74, 6) is 1.90. The van der Waals surface area contributed by atoms with Crippen molar-refractivity contribution in [3.63, 3.8) is 0 Å². The molecular weight excluding hydrogens is 603 g/mol. The van der Waals surface area contributed by atoms with Crippen molar-refractivity contribution in [3.05, 3.63) is 54.7 Å². The van der Waals surface area contributed by atoms with E-state index in [0.29, 0.717) is 24.3 Å². The summed E-state index contributed by atoms with van der Waals surface area (Å²) in [5.41, 5.74) is 3.17. The molecule has 1 saturated carbocycles. The first kappa shape index (κ1) is 32.4. The Kier molecular flexibility index (Phi) is 11.5. The molecule has 4 aromatic rings. The average molecular weight is 638 g/mol. The fourth-order valence-electron chi connectivity index (χ4n) is 4.15. The zero-order chi connectivity index (χ0) is 30.8. The number of carbonyl (C=O) groups is 1. The second-order valence-corrected chi connectivity index (χ2v) is 11.7. The van der Waals surface area contributed by atoms with Gasteiger partial charge < -0.3 is 15.4 Å². The van der Waals surface area contributed by atoms with E-state index in [9.17, 15) is 18.0 Å². The quantitative estimate of drug-likeness (QED) is 0.141. The van der Waals surface area contributed by atoms with E-state index < -0.39 is 30.0 Å². The van der Waals surface area contributed by atoms with E-state index in [1.165, 1.54) is 43.5 Å². The largest absolute Gasteiger partial charge is 0.449 e. The number of fused-ring (bicyclic) bond motifs is 1. The lowest BCUT2D eigenvalue weighted by Gasteiger charge is -2.24. The maximum Gasteiger partial charge on any atom is 0.407 e. The Morgan fingerprint density at radius 3 is 2.63 bits per heavy atom. The molecule has 0 saturated heterocycles. The van der Waals surface area contributed by atoms with E-state index in [1.54, 1.807) is 10.9 Å². The smallest absolute Gasteiger partial charge is 0.407 e. The lowest BCUT2D eigenvalue weighted by atomic mass is 9.81. The zero-order valence-corrected chi connectivity index (χ0v) is 25.4. The third-order valence-corrected chi connectivity index (χ3v) is 7.99. The van der Waals surface area contributed by atoms with Gasteiger partial charge in [-0.1, -0.05) is 11.6 Å². The fourth-order valence-corrected chi connectivity index (χ4v) is 4.68. The van der Waals surface area contributed by atoms with Crippen LogP contribution in [0.2, 0.25) is 0 Å². The Bertz CT molecular complexity index is 1430. The van der Waals surface area contributed by atoms with Crippen molar-refractivity contribution in [3.8, 4) is 0 Å². The van der Waals surface area contributed by atoms with Gasteiger partial charge in [0.25, 0.3) is 0 Å². The predicted octanol–water partition coefficient (Wildman–Crippen LogP) is 5.65. The fraction of sp³-hybridized carbons (Fsp3) is 0.481. The first-order valence-electron chi connectivity index (χ1n) is 13.7. The van der Waals surface area contributed by atoms with Gasteiger partial charge in [0.15, 0.2) is 0 Å².